The Kier molecular flexibility index (Phi) is 4.91. The van der Waals surface area contributed by atoms with Crippen molar-refractivity contribution in [3.63, 3.8) is 0 Å². The predicted octanol–water partition coefficient (Wildman–Crippen LogP) is 3.64. The summed E-state index contributed by atoms with van der Waals surface area (Å²) in [6, 6.07) is 2.32. The van der Waals surface area contributed by atoms with E-state index in [2.05, 4.69) is 24.1 Å². The van der Waals surface area contributed by atoms with Gasteiger partial charge in [-0.3, -0.25) is 0 Å². The van der Waals surface area contributed by atoms with Crippen LogP contribution in [0.1, 0.15) is 26.7 Å². The van der Waals surface area contributed by atoms with Crippen LogP contribution < -0.4 is 5.32 Å². The zero-order chi connectivity index (χ0) is 14.7. The van der Waals surface area contributed by atoms with Crippen molar-refractivity contribution in [2.24, 2.45) is 5.92 Å². The van der Waals surface area contributed by atoms with E-state index in [0.717, 1.165) is 38.5 Å². The van der Waals surface area contributed by atoms with Gasteiger partial charge in [-0.15, -0.1) is 0 Å². The third-order valence-electron chi connectivity index (χ3n) is 3.61. The molecule has 0 bridgehead atoms. The summed E-state index contributed by atoms with van der Waals surface area (Å²) >= 11 is 0. The molecule has 1 heterocycles. The van der Waals surface area contributed by atoms with Gasteiger partial charge in [-0.05, 0) is 30.9 Å². The van der Waals surface area contributed by atoms with Crippen molar-refractivity contribution < 1.29 is 13.2 Å². The summed E-state index contributed by atoms with van der Waals surface area (Å²) in [6.45, 7) is 7.32. The van der Waals surface area contributed by atoms with Crippen molar-refractivity contribution in [1.82, 2.24) is 4.90 Å². The van der Waals surface area contributed by atoms with E-state index in [0.29, 0.717) is 5.92 Å². The van der Waals surface area contributed by atoms with Gasteiger partial charge in [0.25, 0.3) is 0 Å². The molecule has 1 saturated heterocycles. The van der Waals surface area contributed by atoms with Crippen molar-refractivity contribution in [2.45, 2.75) is 32.7 Å². The lowest BCUT2D eigenvalue weighted by Gasteiger charge is -2.33. The Labute approximate surface area is 118 Å². The summed E-state index contributed by atoms with van der Waals surface area (Å²) in [5, 5.41) is 2.98. The van der Waals surface area contributed by atoms with Crippen molar-refractivity contribution in [3.05, 3.63) is 29.6 Å². The van der Waals surface area contributed by atoms with E-state index < -0.39 is 17.5 Å². The fourth-order valence-corrected chi connectivity index (χ4v) is 2.63. The van der Waals surface area contributed by atoms with Gasteiger partial charge >= 0.3 is 0 Å². The normalized spacial score (nSPS) is 17.7. The number of hydrogen-bond donors (Lipinski definition) is 1. The quantitative estimate of drug-likeness (QED) is 0.850. The molecular formula is C15H21F3N2. The van der Waals surface area contributed by atoms with Crippen LogP contribution in [-0.2, 0) is 0 Å². The molecule has 0 aromatic heterocycles. The average molecular weight is 286 g/mol. The van der Waals surface area contributed by atoms with Crippen LogP contribution >= 0.6 is 0 Å². The van der Waals surface area contributed by atoms with Crippen molar-refractivity contribution in [3.8, 4) is 0 Å². The van der Waals surface area contributed by atoms with Gasteiger partial charge in [0.15, 0.2) is 17.5 Å². The van der Waals surface area contributed by atoms with E-state index >= 15 is 0 Å². The molecule has 0 aliphatic carbocycles. The highest BCUT2D eigenvalue weighted by atomic mass is 19.2. The highest BCUT2D eigenvalue weighted by molar-refractivity contribution is 5.46. The third kappa shape index (κ3) is 3.66. The van der Waals surface area contributed by atoms with Gasteiger partial charge in [-0.1, -0.05) is 13.8 Å². The van der Waals surface area contributed by atoms with Gasteiger partial charge in [0.2, 0.25) is 0 Å². The molecule has 1 aromatic rings. The number of likely N-dealkylation sites (tertiary alicyclic amines) is 1. The van der Waals surface area contributed by atoms with Crippen LogP contribution in [-0.4, -0.2) is 30.6 Å². The summed E-state index contributed by atoms with van der Waals surface area (Å²) in [6.07, 6.45) is 1.76. The molecule has 1 aromatic carbocycles. The van der Waals surface area contributed by atoms with Crippen LogP contribution in [0.3, 0.4) is 0 Å². The first kappa shape index (κ1) is 15.2. The van der Waals surface area contributed by atoms with E-state index in [1.54, 1.807) is 0 Å². The first-order chi connectivity index (χ1) is 9.47. The van der Waals surface area contributed by atoms with Gasteiger partial charge in [-0.2, -0.15) is 0 Å². The Hall–Kier alpha value is -1.23. The number of piperidine rings is 1. The summed E-state index contributed by atoms with van der Waals surface area (Å²) < 4.78 is 39.6. The summed E-state index contributed by atoms with van der Waals surface area (Å²) in [7, 11) is 0. The van der Waals surface area contributed by atoms with Crippen LogP contribution in [0.25, 0.3) is 0 Å². The minimum atomic E-state index is -1.41. The SMILES string of the molecule is CC(C)CN1CCC(Nc2ccc(F)c(F)c2F)CC1. The first-order valence-corrected chi connectivity index (χ1v) is 7.09. The standard InChI is InChI=1S/C15H21F3N2/c1-10(2)9-20-7-5-11(6-8-20)19-13-4-3-12(16)14(17)15(13)18/h3-4,10-11,19H,5-9H2,1-2H3. The number of hydrogen-bond acceptors (Lipinski definition) is 2. The predicted molar refractivity (Wildman–Crippen MR) is 74.2 cm³/mol. The molecule has 0 atom stereocenters. The Balaban J connectivity index is 1.91. The molecule has 1 N–H and O–H groups in total. The minimum absolute atomic E-state index is 0.0474. The zero-order valence-electron chi connectivity index (χ0n) is 11.9. The largest absolute Gasteiger partial charge is 0.380 e. The molecule has 1 aliphatic rings. The number of nitrogens with zero attached hydrogens (tertiary/aromatic N) is 1. The second-order valence-corrected chi connectivity index (χ2v) is 5.84. The van der Waals surface area contributed by atoms with Crippen LogP contribution in [0.15, 0.2) is 12.1 Å². The molecule has 1 fully saturated rings. The van der Waals surface area contributed by atoms with Crippen LogP contribution in [0.2, 0.25) is 0 Å². The van der Waals surface area contributed by atoms with Crippen molar-refractivity contribution >= 4 is 5.69 Å². The molecule has 1 aliphatic heterocycles. The van der Waals surface area contributed by atoms with Crippen molar-refractivity contribution in [1.29, 1.82) is 0 Å². The van der Waals surface area contributed by atoms with Gasteiger partial charge in [0.05, 0.1) is 5.69 Å². The van der Waals surface area contributed by atoms with E-state index in [9.17, 15) is 13.2 Å². The Morgan fingerprint density at radius 2 is 1.80 bits per heavy atom. The van der Waals surface area contributed by atoms with E-state index in [-0.39, 0.29) is 11.7 Å². The fraction of sp³-hybridized carbons (Fsp3) is 0.600. The number of benzene rings is 1. The molecule has 5 heteroatoms. The number of rotatable bonds is 4. The summed E-state index contributed by atoms with van der Waals surface area (Å²) in [5.74, 6) is -3.06. The van der Waals surface area contributed by atoms with Gasteiger partial charge in [-0.25, -0.2) is 13.2 Å². The molecular weight excluding hydrogens is 265 g/mol. The molecule has 0 spiro atoms. The lowest BCUT2D eigenvalue weighted by atomic mass is 10.0. The van der Waals surface area contributed by atoms with Gasteiger partial charge in [0, 0.05) is 25.7 Å². The monoisotopic (exact) mass is 286 g/mol. The first-order valence-electron chi connectivity index (χ1n) is 7.09. The zero-order valence-corrected chi connectivity index (χ0v) is 11.9. The molecule has 112 valence electrons. The Bertz CT molecular complexity index is 455. The van der Waals surface area contributed by atoms with E-state index in [4.69, 9.17) is 0 Å². The molecule has 0 amide bonds. The van der Waals surface area contributed by atoms with E-state index in [1.165, 1.54) is 6.07 Å². The lowest BCUT2D eigenvalue weighted by molar-refractivity contribution is 0.198. The second-order valence-electron chi connectivity index (χ2n) is 5.84. The Morgan fingerprint density at radius 1 is 1.15 bits per heavy atom. The lowest BCUT2D eigenvalue weighted by Crippen LogP contribution is -2.40. The molecule has 0 saturated carbocycles. The third-order valence-corrected chi connectivity index (χ3v) is 3.61. The number of nitrogens with one attached hydrogen (secondary N) is 1. The minimum Gasteiger partial charge on any atom is -0.380 e. The molecule has 0 radical (unpaired) electrons. The second kappa shape index (κ2) is 6.48. The van der Waals surface area contributed by atoms with Crippen molar-refractivity contribution in [2.75, 3.05) is 25.0 Å². The maximum Gasteiger partial charge on any atom is 0.196 e. The van der Waals surface area contributed by atoms with Gasteiger partial charge < -0.3 is 10.2 Å². The number of halogens is 3. The smallest absolute Gasteiger partial charge is 0.196 e. The molecule has 0 unspecified atom stereocenters. The average Bonchev–Trinajstić information content (AvgIpc) is 2.41. The number of anilines is 1. The van der Waals surface area contributed by atoms with Crippen LogP contribution in [0.5, 0.6) is 0 Å². The highest BCUT2D eigenvalue weighted by Gasteiger charge is 2.21. The summed E-state index contributed by atoms with van der Waals surface area (Å²) in [5.41, 5.74) is 0.0474. The maximum absolute atomic E-state index is 13.6. The highest BCUT2D eigenvalue weighted by Crippen LogP contribution is 2.23. The molecule has 2 nitrogen and oxygen atoms in total. The molecule has 20 heavy (non-hydrogen) atoms. The van der Waals surface area contributed by atoms with Gasteiger partial charge in [0.1, 0.15) is 0 Å². The Morgan fingerprint density at radius 3 is 2.40 bits per heavy atom. The topological polar surface area (TPSA) is 15.3 Å². The van der Waals surface area contributed by atoms with E-state index in [1.807, 2.05) is 0 Å². The maximum atomic E-state index is 13.6. The van der Waals surface area contributed by atoms with Crippen LogP contribution in [0.4, 0.5) is 18.9 Å². The molecule has 2 rings (SSSR count). The summed E-state index contributed by atoms with van der Waals surface area (Å²) in [4.78, 5) is 2.38. The van der Waals surface area contributed by atoms with Crippen LogP contribution in [0, 0.1) is 23.4 Å². The fourth-order valence-electron chi connectivity index (χ4n) is 2.63.